The standard InChI is InChI=1S/C10H14N4O2S/c15-8-11-9(17-13-8)12-10(16)14-4-6-2-1-3-7(6)5-14/h6-7H,1-5H2,(H2,11,12,13,15,16)/t6-,7+. The van der Waals surface area contributed by atoms with E-state index < -0.39 is 0 Å². The summed E-state index contributed by atoms with van der Waals surface area (Å²) in [6, 6.07) is -0.417. The lowest BCUT2D eigenvalue weighted by Crippen LogP contribution is -2.33. The van der Waals surface area contributed by atoms with Crippen LogP contribution in [0.5, 0.6) is 6.01 Å². The number of nitrogens with one attached hydrogen (secondary N) is 1. The second-order valence-corrected chi connectivity index (χ2v) is 5.44. The molecule has 1 aliphatic heterocycles. The molecular weight excluding hydrogens is 240 g/mol. The van der Waals surface area contributed by atoms with Crippen LogP contribution in [-0.2, 0) is 0 Å². The smallest absolute Gasteiger partial charge is 0.327 e. The Bertz CT molecular complexity index is 424. The Balaban J connectivity index is 1.60. The van der Waals surface area contributed by atoms with Crippen LogP contribution >= 0.6 is 11.5 Å². The molecule has 7 heteroatoms. The zero-order chi connectivity index (χ0) is 11.8. The summed E-state index contributed by atoms with van der Waals surface area (Å²) in [5, 5.41) is 12.0. The Morgan fingerprint density at radius 1 is 1.41 bits per heavy atom. The van der Waals surface area contributed by atoms with E-state index in [1.54, 1.807) is 0 Å². The van der Waals surface area contributed by atoms with Gasteiger partial charge in [-0.05, 0) is 24.7 Å². The Kier molecular flexibility index (Phi) is 2.62. The number of aromatic hydroxyl groups is 1. The maximum absolute atomic E-state index is 11.9. The third kappa shape index (κ3) is 2.06. The Morgan fingerprint density at radius 2 is 2.12 bits per heavy atom. The molecule has 2 aliphatic rings. The summed E-state index contributed by atoms with van der Waals surface area (Å²) < 4.78 is 3.61. The van der Waals surface area contributed by atoms with Gasteiger partial charge < -0.3 is 10.0 Å². The molecule has 92 valence electrons. The average Bonchev–Trinajstić information content (AvgIpc) is 2.92. The van der Waals surface area contributed by atoms with Crippen molar-refractivity contribution in [2.24, 2.45) is 11.8 Å². The minimum absolute atomic E-state index is 0.129. The van der Waals surface area contributed by atoms with E-state index in [9.17, 15) is 4.79 Å². The minimum atomic E-state index is -0.288. The van der Waals surface area contributed by atoms with Gasteiger partial charge in [-0.2, -0.15) is 4.98 Å². The maximum atomic E-state index is 11.9. The number of nitrogens with zero attached hydrogens (tertiary/aromatic N) is 3. The van der Waals surface area contributed by atoms with Crippen molar-refractivity contribution < 1.29 is 9.90 Å². The van der Waals surface area contributed by atoms with Gasteiger partial charge in [0, 0.05) is 24.6 Å². The lowest BCUT2D eigenvalue weighted by molar-refractivity contribution is 0.219. The van der Waals surface area contributed by atoms with Gasteiger partial charge >= 0.3 is 12.0 Å². The highest BCUT2D eigenvalue weighted by Gasteiger charge is 2.38. The van der Waals surface area contributed by atoms with Crippen LogP contribution in [-0.4, -0.2) is 38.5 Å². The molecule has 1 aliphatic carbocycles. The van der Waals surface area contributed by atoms with Crippen LogP contribution in [0.4, 0.5) is 9.93 Å². The first kappa shape index (κ1) is 10.8. The Morgan fingerprint density at radius 3 is 2.71 bits per heavy atom. The molecule has 2 fully saturated rings. The summed E-state index contributed by atoms with van der Waals surface area (Å²) in [6.45, 7) is 1.70. The molecule has 3 rings (SSSR count). The van der Waals surface area contributed by atoms with E-state index in [4.69, 9.17) is 5.11 Å². The molecule has 1 saturated carbocycles. The number of likely N-dealkylation sites (tertiary alicyclic amines) is 1. The molecule has 0 unspecified atom stereocenters. The number of rotatable bonds is 1. The molecule has 0 spiro atoms. The number of aromatic nitrogens is 2. The molecule has 2 amide bonds. The van der Waals surface area contributed by atoms with Crippen molar-refractivity contribution in [3.63, 3.8) is 0 Å². The van der Waals surface area contributed by atoms with E-state index in [1.165, 1.54) is 19.3 Å². The van der Waals surface area contributed by atoms with Crippen molar-refractivity contribution in [3.8, 4) is 6.01 Å². The summed E-state index contributed by atoms with van der Waals surface area (Å²) in [5.41, 5.74) is 0. The number of amides is 2. The zero-order valence-electron chi connectivity index (χ0n) is 9.30. The van der Waals surface area contributed by atoms with Crippen LogP contribution in [0.2, 0.25) is 0 Å². The van der Waals surface area contributed by atoms with Gasteiger partial charge in [0.05, 0.1) is 0 Å². The van der Waals surface area contributed by atoms with Crippen LogP contribution in [0.15, 0.2) is 0 Å². The lowest BCUT2D eigenvalue weighted by atomic mass is 10.0. The van der Waals surface area contributed by atoms with Crippen LogP contribution in [0, 0.1) is 11.8 Å². The summed E-state index contributed by atoms with van der Waals surface area (Å²) in [6.07, 6.45) is 3.79. The van der Waals surface area contributed by atoms with E-state index in [-0.39, 0.29) is 12.0 Å². The number of anilines is 1. The van der Waals surface area contributed by atoms with E-state index >= 15 is 0 Å². The molecule has 1 aromatic heterocycles. The first-order valence-electron chi connectivity index (χ1n) is 5.81. The van der Waals surface area contributed by atoms with Crippen LogP contribution in [0.25, 0.3) is 0 Å². The van der Waals surface area contributed by atoms with Gasteiger partial charge in [0.25, 0.3) is 0 Å². The van der Waals surface area contributed by atoms with Crippen molar-refractivity contribution in [2.75, 3.05) is 18.4 Å². The monoisotopic (exact) mass is 254 g/mol. The molecule has 2 heterocycles. The zero-order valence-corrected chi connectivity index (χ0v) is 10.1. The second-order valence-electron chi connectivity index (χ2n) is 4.69. The Labute approximate surface area is 103 Å². The molecular formula is C10H14N4O2S. The second kappa shape index (κ2) is 4.14. The Hall–Kier alpha value is -1.37. The third-order valence-electron chi connectivity index (χ3n) is 3.64. The number of carbonyl (C=O) groups excluding carboxylic acids is 1. The summed E-state index contributed by atoms with van der Waals surface area (Å²) in [5.74, 6) is 1.37. The normalized spacial score (nSPS) is 27.2. The summed E-state index contributed by atoms with van der Waals surface area (Å²) >= 11 is 0.988. The quantitative estimate of drug-likeness (QED) is 0.796. The van der Waals surface area contributed by atoms with Crippen LogP contribution in [0.3, 0.4) is 0 Å². The molecule has 0 radical (unpaired) electrons. The van der Waals surface area contributed by atoms with Gasteiger partial charge in [-0.15, -0.1) is 4.37 Å². The predicted octanol–water partition coefficient (Wildman–Crippen LogP) is 1.51. The molecule has 6 nitrogen and oxygen atoms in total. The third-order valence-corrected chi connectivity index (χ3v) is 4.26. The highest BCUT2D eigenvalue weighted by molar-refractivity contribution is 7.10. The van der Waals surface area contributed by atoms with E-state index in [0.29, 0.717) is 17.0 Å². The minimum Gasteiger partial charge on any atom is -0.478 e. The predicted molar refractivity (Wildman–Crippen MR) is 63.0 cm³/mol. The maximum Gasteiger partial charge on any atom is 0.327 e. The van der Waals surface area contributed by atoms with Gasteiger partial charge in [0.1, 0.15) is 0 Å². The number of urea groups is 1. The first-order chi connectivity index (χ1) is 8.22. The van der Waals surface area contributed by atoms with Crippen molar-refractivity contribution in [2.45, 2.75) is 19.3 Å². The van der Waals surface area contributed by atoms with Crippen molar-refractivity contribution >= 4 is 22.7 Å². The first-order valence-corrected chi connectivity index (χ1v) is 6.58. The van der Waals surface area contributed by atoms with E-state index in [0.717, 1.165) is 24.6 Å². The van der Waals surface area contributed by atoms with Gasteiger partial charge in [-0.3, -0.25) is 5.32 Å². The number of hydrogen-bond donors (Lipinski definition) is 2. The number of carbonyl (C=O) groups is 1. The largest absolute Gasteiger partial charge is 0.478 e. The SMILES string of the molecule is O=C(Nc1nc(O)ns1)N1C[C@H]2CCC[C@H]2C1. The van der Waals surface area contributed by atoms with Gasteiger partial charge in [-0.25, -0.2) is 4.79 Å². The highest BCUT2D eigenvalue weighted by Crippen LogP contribution is 2.37. The molecule has 1 saturated heterocycles. The highest BCUT2D eigenvalue weighted by atomic mass is 32.1. The van der Waals surface area contributed by atoms with Crippen LogP contribution < -0.4 is 5.32 Å². The summed E-state index contributed by atoms with van der Waals surface area (Å²) in [4.78, 5) is 17.5. The molecule has 0 aromatic carbocycles. The van der Waals surface area contributed by atoms with Crippen molar-refractivity contribution in [1.82, 2.24) is 14.3 Å². The molecule has 2 atom stereocenters. The molecule has 2 N–H and O–H groups in total. The molecule has 1 aromatic rings. The van der Waals surface area contributed by atoms with E-state index in [2.05, 4.69) is 14.7 Å². The lowest BCUT2D eigenvalue weighted by Gasteiger charge is -2.16. The van der Waals surface area contributed by atoms with Gasteiger partial charge in [0.2, 0.25) is 5.13 Å². The number of fused-ring (bicyclic) bond motifs is 1. The van der Waals surface area contributed by atoms with E-state index in [1.807, 2.05) is 4.90 Å². The fourth-order valence-corrected chi connectivity index (χ4v) is 3.30. The summed E-state index contributed by atoms with van der Waals surface area (Å²) in [7, 11) is 0. The van der Waals surface area contributed by atoms with Gasteiger partial charge in [-0.1, -0.05) is 6.42 Å². The average molecular weight is 254 g/mol. The molecule has 0 bridgehead atoms. The van der Waals surface area contributed by atoms with Crippen LogP contribution in [0.1, 0.15) is 19.3 Å². The number of hydrogen-bond acceptors (Lipinski definition) is 5. The van der Waals surface area contributed by atoms with Crippen molar-refractivity contribution in [1.29, 1.82) is 0 Å². The van der Waals surface area contributed by atoms with Crippen molar-refractivity contribution in [3.05, 3.63) is 0 Å². The fraction of sp³-hybridized carbons (Fsp3) is 0.700. The fourth-order valence-electron chi connectivity index (χ4n) is 2.84. The van der Waals surface area contributed by atoms with Gasteiger partial charge in [0.15, 0.2) is 0 Å². The topological polar surface area (TPSA) is 78.3 Å². The molecule has 17 heavy (non-hydrogen) atoms.